The highest BCUT2D eigenvalue weighted by Gasteiger charge is 2.08. The predicted molar refractivity (Wildman–Crippen MR) is 62.5 cm³/mol. The first-order valence-corrected chi connectivity index (χ1v) is 5.61. The number of halogens is 2. The number of nitrogens with one attached hydrogen (secondary N) is 1. The summed E-state index contributed by atoms with van der Waals surface area (Å²) in [6.45, 7) is 7.00. The van der Waals surface area contributed by atoms with Gasteiger partial charge < -0.3 is 5.32 Å². The molecule has 0 aromatic heterocycles. The fraction of sp³-hybridized carbons (Fsp3) is 0.538. The van der Waals surface area contributed by atoms with E-state index in [9.17, 15) is 8.78 Å². The molecule has 0 heterocycles. The van der Waals surface area contributed by atoms with Gasteiger partial charge in [0.1, 0.15) is 0 Å². The molecule has 0 spiro atoms. The molecule has 1 nitrogen and oxygen atoms in total. The van der Waals surface area contributed by atoms with Crippen LogP contribution in [0, 0.1) is 5.92 Å². The molecule has 1 aromatic carbocycles. The van der Waals surface area contributed by atoms with Crippen molar-refractivity contribution in [2.24, 2.45) is 5.92 Å². The first-order valence-electron chi connectivity index (χ1n) is 5.61. The molecule has 0 saturated carbocycles. The van der Waals surface area contributed by atoms with Crippen molar-refractivity contribution in [2.75, 3.05) is 0 Å². The molecule has 3 heteroatoms. The zero-order valence-electron chi connectivity index (χ0n) is 10.0. The maximum Gasteiger partial charge on any atom is 0.263 e. The molecule has 1 rings (SSSR count). The van der Waals surface area contributed by atoms with Crippen LogP contribution in [0.5, 0.6) is 0 Å². The van der Waals surface area contributed by atoms with Crippen LogP contribution in [0.4, 0.5) is 8.78 Å². The predicted octanol–water partition coefficient (Wildman–Crippen LogP) is 3.76. The molecule has 0 aliphatic carbocycles. The Morgan fingerprint density at radius 1 is 1.19 bits per heavy atom. The molecule has 0 radical (unpaired) electrons. The summed E-state index contributed by atoms with van der Waals surface area (Å²) in [6.07, 6.45) is -2.39. The van der Waals surface area contributed by atoms with Gasteiger partial charge in [0.25, 0.3) is 6.43 Å². The number of rotatable bonds is 5. The lowest BCUT2D eigenvalue weighted by molar-refractivity contribution is 0.151. The van der Waals surface area contributed by atoms with Crippen molar-refractivity contribution in [1.29, 1.82) is 0 Å². The average molecular weight is 227 g/mol. The monoisotopic (exact) mass is 227 g/mol. The standard InChI is InChI=1S/C13H19F2N/c1-9(2)10(3)16-8-11-5-4-6-12(7-11)13(14)15/h4-7,9-10,13,16H,8H2,1-3H3. The first kappa shape index (κ1) is 13.1. The second-order valence-electron chi connectivity index (χ2n) is 4.46. The number of alkyl halides is 2. The topological polar surface area (TPSA) is 12.0 Å². The average Bonchev–Trinajstić information content (AvgIpc) is 2.26. The van der Waals surface area contributed by atoms with Crippen molar-refractivity contribution in [1.82, 2.24) is 5.32 Å². The van der Waals surface area contributed by atoms with Crippen molar-refractivity contribution in [2.45, 2.75) is 39.8 Å². The van der Waals surface area contributed by atoms with Gasteiger partial charge in [-0.15, -0.1) is 0 Å². The van der Waals surface area contributed by atoms with Gasteiger partial charge in [-0.3, -0.25) is 0 Å². The van der Waals surface area contributed by atoms with E-state index in [2.05, 4.69) is 26.1 Å². The highest BCUT2D eigenvalue weighted by Crippen LogP contribution is 2.19. The third-order valence-electron chi connectivity index (χ3n) is 2.83. The van der Waals surface area contributed by atoms with Crippen LogP contribution in [0.1, 0.15) is 38.3 Å². The van der Waals surface area contributed by atoms with E-state index in [0.717, 1.165) is 5.56 Å². The Labute approximate surface area is 95.9 Å². The summed E-state index contributed by atoms with van der Waals surface area (Å²) in [7, 11) is 0. The zero-order valence-corrected chi connectivity index (χ0v) is 10.0. The Morgan fingerprint density at radius 3 is 2.44 bits per heavy atom. The Kier molecular flexibility index (Phi) is 4.87. The van der Waals surface area contributed by atoms with Crippen molar-refractivity contribution in [3.63, 3.8) is 0 Å². The van der Waals surface area contributed by atoms with Crippen LogP contribution in [-0.2, 0) is 6.54 Å². The fourth-order valence-corrected chi connectivity index (χ4v) is 1.35. The van der Waals surface area contributed by atoms with Gasteiger partial charge in [-0.2, -0.15) is 0 Å². The highest BCUT2D eigenvalue weighted by molar-refractivity contribution is 5.24. The van der Waals surface area contributed by atoms with E-state index in [1.807, 2.05) is 6.07 Å². The van der Waals surface area contributed by atoms with E-state index < -0.39 is 6.43 Å². The Balaban J connectivity index is 2.57. The largest absolute Gasteiger partial charge is 0.310 e. The van der Waals surface area contributed by atoms with Gasteiger partial charge in [0.05, 0.1) is 0 Å². The summed E-state index contributed by atoms with van der Waals surface area (Å²) in [5.74, 6) is 0.540. The molecule has 0 amide bonds. The van der Waals surface area contributed by atoms with E-state index in [4.69, 9.17) is 0 Å². The van der Waals surface area contributed by atoms with Crippen molar-refractivity contribution < 1.29 is 8.78 Å². The third-order valence-corrected chi connectivity index (χ3v) is 2.83. The molecule has 0 aliphatic heterocycles. The molecule has 1 unspecified atom stereocenters. The van der Waals surface area contributed by atoms with Crippen molar-refractivity contribution in [3.05, 3.63) is 35.4 Å². The van der Waals surface area contributed by atoms with Gasteiger partial charge in [0.2, 0.25) is 0 Å². The van der Waals surface area contributed by atoms with Crippen LogP contribution in [0.3, 0.4) is 0 Å². The van der Waals surface area contributed by atoms with Crippen LogP contribution in [-0.4, -0.2) is 6.04 Å². The van der Waals surface area contributed by atoms with Crippen LogP contribution in [0.2, 0.25) is 0 Å². The lowest BCUT2D eigenvalue weighted by Crippen LogP contribution is -2.30. The number of hydrogen-bond acceptors (Lipinski definition) is 1. The Bertz CT molecular complexity index is 323. The minimum Gasteiger partial charge on any atom is -0.310 e. The van der Waals surface area contributed by atoms with Gasteiger partial charge in [-0.25, -0.2) is 8.78 Å². The molecule has 1 atom stereocenters. The van der Waals surface area contributed by atoms with Crippen LogP contribution in [0.15, 0.2) is 24.3 Å². The number of benzene rings is 1. The van der Waals surface area contributed by atoms with E-state index in [1.165, 1.54) is 6.07 Å². The summed E-state index contributed by atoms with van der Waals surface area (Å²) in [4.78, 5) is 0. The third kappa shape index (κ3) is 3.89. The van der Waals surface area contributed by atoms with Gasteiger partial charge in [-0.05, 0) is 24.5 Å². The maximum absolute atomic E-state index is 12.5. The molecule has 90 valence electrons. The lowest BCUT2D eigenvalue weighted by Gasteiger charge is -2.17. The van der Waals surface area contributed by atoms with Crippen LogP contribution < -0.4 is 5.32 Å². The molecule has 0 fully saturated rings. The molecule has 0 saturated heterocycles. The van der Waals surface area contributed by atoms with E-state index in [1.54, 1.807) is 12.1 Å². The molecule has 0 bridgehead atoms. The number of hydrogen-bond donors (Lipinski definition) is 1. The van der Waals surface area contributed by atoms with Gasteiger partial charge >= 0.3 is 0 Å². The van der Waals surface area contributed by atoms with Crippen LogP contribution >= 0.6 is 0 Å². The van der Waals surface area contributed by atoms with Crippen molar-refractivity contribution >= 4 is 0 Å². The molecule has 0 aliphatic rings. The Morgan fingerprint density at radius 2 is 1.88 bits per heavy atom. The van der Waals surface area contributed by atoms with Gasteiger partial charge in [0, 0.05) is 18.2 Å². The fourth-order valence-electron chi connectivity index (χ4n) is 1.35. The molecular weight excluding hydrogens is 208 g/mol. The van der Waals surface area contributed by atoms with Gasteiger partial charge in [-0.1, -0.05) is 32.0 Å². The quantitative estimate of drug-likeness (QED) is 0.807. The normalized spacial score (nSPS) is 13.4. The highest BCUT2D eigenvalue weighted by atomic mass is 19.3. The van der Waals surface area contributed by atoms with Crippen LogP contribution in [0.25, 0.3) is 0 Å². The second-order valence-corrected chi connectivity index (χ2v) is 4.46. The summed E-state index contributed by atoms with van der Waals surface area (Å²) in [5, 5.41) is 3.32. The van der Waals surface area contributed by atoms with E-state index in [0.29, 0.717) is 18.5 Å². The van der Waals surface area contributed by atoms with Gasteiger partial charge in [0.15, 0.2) is 0 Å². The summed E-state index contributed by atoms with van der Waals surface area (Å²) in [5.41, 5.74) is 1.00. The maximum atomic E-state index is 12.5. The molecule has 16 heavy (non-hydrogen) atoms. The molecule has 1 N–H and O–H groups in total. The summed E-state index contributed by atoms with van der Waals surface area (Å²) in [6, 6.07) is 6.95. The first-order chi connectivity index (χ1) is 7.50. The van der Waals surface area contributed by atoms with E-state index in [-0.39, 0.29) is 5.56 Å². The summed E-state index contributed by atoms with van der Waals surface area (Å²) < 4.78 is 24.9. The zero-order chi connectivity index (χ0) is 12.1. The second kappa shape index (κ2) is 5.94. The van der Waals surface area contributed by atoms with Crippen molar-refractivity contribution in [3.8, 4) is 0 Å². The van der Waals surface area contributed by atoms with E-state index >= 15 is 0 Å². The summed E-state index contributed by atoms with van der Waals surface area (Å²) >= 11 is 0. The smallest absolute Gasteiger partial charge is 0.263 e. The molecular formula is C13H19F2N. The Hall–Kier alpha value is -0.960. The molecule has 1 aromatic rings. The minimum absolute atomic E-state index is 0.0940. The lowest BCUT2D eigenvalue weighted by atomic mass is 10.1. The minimum atomic E-state index is -2.39. The SMILES string of the molecule is CC(C)C(C)NCc1cccc(C(F)F)c1.